The Kier molecular flexibility index (Phi) is 4.07. The van der Waals surface area contributed by atoms with Gasteiger partial charge in [0.15, 0.2) is 8.68 Å². The van der Waals surface area contributed by atoms with Gasteiger partial charge in [-0.15, -0.1) is 0 Å². The fourth-order valence-corrected chi connectivity index (χ4v) is 6.40. The molecule has 0 amide bonds. The second-order valence-electron chi connectivity index (χ2n) is 5.39. The molecule has 0 bridgehead atoms. The zero-order valence-electron chi connectivity index (χ0n) is 11.4. The Morgan fingerprint density at radius 1 is 1.30 bits per heavy atom. The Labute approximate surface area is 128 Å². The first-order chi connectivity index (χ1) is 9.48. The van der Waals surface area contributed by atoms with Crippen molar-refractivity contribution in [1.82, 2.24) is 14.2 Å². The third kappa shape index (κ3) is 2.62. The number of aryl methyl sites for hydroxylation is 1. The second kappa shape index (κ2) is 5.53. The van der Waals surface area contributed by atoms with Crippen molar-refractivity contribution >= 4 is 33.0 Å². The smallest absolute Gasteiger partial charge is 0.254 e. The summed E-state index contributed by atoms with van der Waals surface area (Å²) < 4.78 is 27.6. The molecule has 1 aromatic heterocycles. The number of rotatable bonds is 2. The lowest BCUT2D eigenvalue weighted by Gasteiger charge is -2.43. The van der Waals surface area contributed by atoms with E-state index in [1.165, 1.54) is 12.8 Å². The number of thiazole rings is 1. The van der Waals surface area contributed by atoms with E-state index in [1.54, 1.807) is 11.2 Å². The van der Waals surface area contributed by atoms with Crippen LogP contribution in [0, 0.1) is 6.92 Å². The molecule has 112 valence electrons. The summed E-state index contributed by atoms with van der Waals surface area (Å²) in [5, 5.41) is 0. The van der Waals surface area contributed by atoms with E-state index >= 15 is 0 Å². The summed E-state index contributed by atoms with van der Waals surface area (Å²) in [5.41, 5.74) is 0.506. The fraction of sp³-hybridized carbons (Fsp3) is 0.750. The van der Waals surface area contributed by atoms with E-state index in [9.17, 15) is 8.42 Å². The minimum Gasteiger partial charge on any atom is -0.298 e. The summed E-state index contributed by atoms with van der Waals surface area (Å²) >= 11 is 6.89. The van der Waals surface area contributed by atoms with Gasteiger partial charge in [0.1, 0.15) is 0 Å². The lowest BCUT2D eigenvalue weighted by atomic mass is 10.0. The van der Waals surface area contributed by atoms with Crippen molar-refractivity contribution in [3.63, 3.8) is 0 Å². The molecule has 1 aromatic rings. The molecular formula is C12H18ClN3O2S2. The first-order valence-electron chi connectivity index (χ1n) is 6.85. The summed E-state index contributed by atoms with van der Waals surface area (Å²) in [6.07, 6.45) is 3.52. The zero-order chi connectivity index (χ0) is 14.3. The van der Waals surface area contributed by atoms with Crippen LogP contribution in [0.3, 0.4) is 0 Å². The highest BCUT2D eigenvalue weighted by Gasteiger charge is 2.36. The van der Waals surface area contributed by atoms with E-state index < -0.39 is 10.0 Å². The van der Waals surface area contributed by atoms with Gasteiger partial charge in [-0.2, -0.15) is 4.31 Å². The van der Waals surface area contributed by atoms with Gasteiger partial charge in [-0.25, -0.2) is 13.4 Å². The summed E-state index contributed by atoms with van der Waals surface area (Å²) in [4.78, 5) is 6.44. The van der Waals surface area contributed by atoms with Crippen LogP contribution in [-0.2, 0) is 10.0 Å². The molecule has 0 aliphatic carbocycles. The van der Waals surface area contributed by atoms with Crippen LogP contribution in [0.25, 0.3) is 0 Å². The van der Waals surface area contributed by atoms with Crippen molar-refractivity contribution in [3.8, 4) is 0 Å². The topological polar surface area (TPSA) is 53.5 Å². The summed E-state index contributed by atoms with van der Waals surface area (Å²) in [6.45, 7) is 4.79. The van der Waals surface area contributed by atoms with Crippen LogP contribution in [0.15, 0.2) is 4.21 Å². The zero-order valence-corrected chi connectivity index (χ0v) is 13.8. The Morgan fingerprint density at radius 3 is 2.80 bits per heavy atom. The van der Waals surface area contributed by atoms with Gasteiger partial charge in [-0.3, -0.25) is 4.90 Å². The molecule has 0 spiro atoms. The summed E-state index contributed by atoms with van der Waals surface area (Å²) in [6, 6.07) is 0.371. The van der Waals surface area contributed by atoms with Crippen LogP contribution in [0.2, 0.25) is 4.47 Å². The van der Waals surface area contributed by atoms with Crippen LogP contribution in [0.4, 0.5) is 0 Å². The van der Waals surface area contributed by atoms with Gasteiger partial charge in [0.25, 0.3) is 10.0 Å². The van der Waals surface area contributed by atoms with Crippen molar-refractivity contribution in [2.75, 3.05) is 26.2 Å². The van der Waals surface area contributed by atoms with Crippen LogP contribution < -0.4 is 0 Å². The van der Waals surface area contributed by atoms with E-state index in [0.29, 0.717) is 29.0 Å². The molecule has 3 heterocycles. The average Bonchev–Trinajstić information content (AvgIpc) is 2.78. The highest BCUT2D eigenvalue weighted by Crippen LogP contribution is 2.31. The predicted octanol–water partition coefficient (Wildman–Crippen LogP) is 1.96. The summed E-state index contributed by atoms with van der Waals surface area (Å²) in [7, 11) is -3.44. The molecular weight excluding hydrogens is 318 g/mol. The molecule has 2 aliphatic heterocycles. The Balaban J connectivity index is 1.83. The molecule has 2 fully saturated rings. The van der Waals surface area contributed by atoms with Crippen molar-refractivity contribution in [3.05, 3.63) is 10.2 Å². The minimum atomic E-state index is -3.44. The van der Waals surface area contributed by atoms with E-state index in [0.717, 1.165) is 30.8 Å². The van der Waals surface area contributed by atoms with Crippen LogP contribution >= 0.6 is 22.9 Å². The molecule has 5 nitrogen and oxygen atoms in total. The lowest BCUT2D eigenvalue weighted by molar-refractivity contribution is 0.0852. The van der Waals surface area contributed by atoms with Gasteiger partial charge in [-0.05, 0) is 26.3 Å². The third-order valence-electron chi connectivity index (χ3n) is 4.10. The maximum absolute atomic E-state index is 12.7. The molecule has 0 saturated carbocycles. The van der Waals surface area contributed by atoms with Crippen molar-refractivity contribution in [2.24, 2.45) is 0 Å². The number of hydrogen-bond acceptors (Lipinski definition) is 5. The number of piperazine rings is 1. The Bertz CT molecular complexity index is 602. The van der Waals surface area contributed by atoms with Crippen molar-refractivity contribution < 1.29 is 8.42 Å². The number of halogens is 1. The van der Waals surface area contributed by atoms with E-state index in [2.05, 4.69) is 9.88 Å². The number of piperidine rings is 1. The molecule has 0 aromatic carbocycles. The lowest BCUT2D eigenvalue weighted by Crippen LogP contribution is -2.56. The molecule has 0 N–H and O–H groups in total. The van der Waals surface area contributed by atoms with Crippen molar-refractivity contribution in [1.29, 1.82) is 0 Å². The molecule has 20 heavy (non-hydrogen) atoms. The van der Waals surface area contributed by atoms with Gasteiger partial charge in [0, 0.05) is 25.7 Å². The second-order valence-corrected chi connectivity index (χ2v) is 9.10. The normalized spacial score (nSPS) is 25.6. The largest absolute Gasteiger partial charge is 0.298 e. The maximum atomic E-state index is 12.7. The molecule has 1 unspecified atom stereocenters. The van der Waals surface area contributed by atoms with E-state index in [-0.39, 0.29) is 4.47 Å². The number of sulfonamides is 1. The van der Waals surface area contributed by atoms with Crippen LogP contribution in [-0.4, -0.2) is 54.8 Å². The van der Waals surface area contributed by atoms with E-state index in [1.807, 2.05) is 0 Å². The SMILES string of the molecule is Cc1nc(Cl)sc1S(=O)(=O)N1CCN2CCCCC2C1. The van der Waals surface area contributed by atoms with Gasteiger partial charge >= 0.3 is 0 Å². The van der Waals surface area contributed by atoms with Gasteiger partial charge in [0.05, 0.1) is 5.69 Å². The predicted molar refractivity (Wildman–Crippen MR) is 79.8 cm³/mol. The number of aromatic nitrogens is 1. The molecule has 0 radical (unpaired) electrons. The molecule has 2 aliphatic rings. The first kappa shape index (κ1) is 14.7. The number of hydrogen-bond donors (Lipinski definition) is 0. The third-order valence-corrected chi connectivity index (χ3v) is 7.82. The monoisotopic (exact) mass is 335 g/mol. The quantitative estimate of drug-likeness (QED) is 0.829. The Hall–Kier alpha value is -0.210. The highest BCUT2D eigenvalue weighted by molar-refractivity contribution is 7.91. The fourth-order valence-electron chi connectivity index (χ4n) is 3.05. The highest BCUT2D eigenvalue weighted by atomic mass is 35.5. The van der Waals surface area contributed by atoms with Crippen molar-refractivity contribution in [2.45, 2.75) is 36.4 Å². The summed E-state index contributed by atoms with van der Waals surface area (Å²) in [5.74, 6) is 0. The molecule has 2 saturated heterocycles. The molecule has 1 atom stereocenters. The van der Waals surface area contributed by atoms with Crippen LogP contribution in [0.1, 0.15) is 25.0 Å². The number of nitrogens with zero attached hydrogens (tertiary/aromatic N) is 3. The van der Waals surface area contributed by atoms with Gasteiger partial charge in [-0.1, -0.05) is 29.4 Å². The van der Waals surface area contributed by atoms with Crippen LogP contribution in [0.5, 0.6) is 0 Å². The maximum Gasteiger partial charge on any atom is 0.254 e. The molecule has 8 heteroatoms. The standard InChI is InChI=1S/C12H18ClN3O2S2/c1-9-11(19-12(13)14-9)20(17,18)16-7-6-15-5-3-2-4-10(15)8-16/h10H,2-8H2,1H3. The van der Waals surface area contributed by atoms with E-state index in [4.69, 9.17) is 11.6 Å². The Morgan fingerprint density at radius 2 is 2.10 bits per heavy atom. The first-order valence-corrected chi connectivity index (χ1v) is 9.49. The minimum absolute atomic E-state index is 0.289. The number of fused-ring (bicyclic) bond motifs is 1. The van der Waals surface area contributed by atoms with Gasteiger partial charge < -0.3 is 0 Å². The van der Waals surface area contributed by atoms with Gasteiger partial charge in [0.2, 0.25) is 0 Å². The average molecular weight is 336 g/mol. The molecule has 3 rings (SSSR count).